The van der Waals surface area contributed by atoms with Crippen molar-refractivity contribution in [3.05, 3.63) is 27.8 Å². The van der Waals surface area contributed by atoms with Crippen LogP contribution in [-0.4, -0.2) is 19.2 Å². The van der Waals surface area contributed by atoms with E-state index in [1.165, 1.54) is 22.8 Å². The first kappa shape index (κ1) is 11.2. The fraction of sp³-hybridized carbons (Fsp3) is 0.500. The van der Waals surface area contributed by atoms with Crippen molar-refractivity contribution in [3.8, 4) is 5.75 Å². The summed E-state index contributed by atoms with van der Waals surface area (Å²) in [6.45, 7) is 1.93. The first-order valence-electron chi connectivity index (χ1n) is 5.46. The average molecular weight is 317 g/mol. The number of hydrogen-bond donors (Lipinski definition) is 1. The first-order valence-corrected chi connectivity index (χ1v) is 6.54. The van der Waals surface area contributed by atoms with Crippen LogP contribution in [0.3, 0.4) is 0 Å². The van der Waals surface area contributed by atoms with Crippen LogP contribution < -0.4 is 10.1 Å². The molecule has 15 heavy (non-hydrogen) atoms. The highest BCUT2D eigenvalue weighted by Crippen LogP contribution is 2.15. The second kappa shape index (κ2) is 5.70. The standard InChI is InChI=1S/C12H16INO/c13-10-4-6-12(7-5-10)15-9-11-3-1-2-8-14-11/h4-7,11,14H,1-3,8-9H2. The predicted octanol–water partition coefficient (Wildman–Crippen LogP) is 2.81. The van der Waals surface area contributed by atoms with E-state index in [4.69, 9.17) is 4.74 Å². The number of rotatable bonds is 3. The second-order valence-electron chi connectivity index (χ2n) is 3.91. The minimum absolute atomic E-state index is 0.540. The zero-order valence-corrected chi connectivity index (χ0v) is 10.9. The molecule has 0 spiro atoms. The Balaban J connectivity index is 1.79. The smallest absolute Gasteiger partial charge is 0.119 e. The molecule has 1 atom stereocenters. The van der Waals surface area contributed by atoms with Gasteiger partial charge in [0.1, 0.15) is 12.4 Å². The molecule has 1 N–H and O–H groups in total. The number of piperidine rings is 1. The highest BCUT2D eigenvalue weighted by atomic mass is 127. The molecule has 0 radical (unpaired) electrons. The summed E-state index contributed by atoms with van der Waals surface area (Å²) in [7, 11) is 0. The average Bonchev–Trinajstić information content (AvgIpc) is 2.30. The van der Waals surface area contributed by atoms with Crippen LogP contribution >= 0.6 is 22.6 Å². The summed E-state index contributed by atoms with van der Waals surface area (Å²) >= 11 is 2.30. The molecule has 0 amide bonds. The van der Waals surface area contributed by atoms with E-state index in [0.29, 0.717) is 6.04 Å². The van der Waals surface area contributed by atoms with E-state index in [1.54, 1.807) is 0 Å². The van der Waals surface area contributed by atoms with Gasteiger partial charge in [0.25, 0.3) is 0 Å². The van der Waals surface area contributed by atoms with Crippen LogP contribution in [0.1, 0.15) is 19.3 Å². The lowest BCUT2D eigenvalue weighted by molar-refractivity contribution is 0.239. The summed E-state index contributed by atoms with van der Waals surface area (Å²) < 4.78 is 6.98. The van der Waals surface area contributed by atoms with E-state index < -0.39 is 0 Å². The minimum atomic E-state index is 0.540. The zero-order chi connectivity index (χ0) is 10.5. The van der Waals surface area contributed by atoms with Gasteiger partial charge in [-0.05, 0) is 66.2 Å². The molecule has 0 aliphatic carbocycles. The summed E-state index contributed by atoms with van der Waals surface area (Å²) in [5.41, 5.74) is 0. The summed E-state index contributed by atoms with van der Waals surface area (Å²) in [5.74, 6) is 0.975. The monoisotopic (exact) mass is 317 g/mol. The highest BCUT2D eigenvalue weighted by Gasteiger charge is 2.12. The van der Waals surface area contributed by atoms with Crippen LogP contribution in [0, 0.1) is 3.57 Å². The number of hydrogen-bond acceptors (Lipinski definition) is 2. The maximum atomic E-state index is 5.73. The molecule has 82 valence electrons. The van der Waals surface area contributed by atoms with Gasteiger partial charge in [-0.2, -0.15) is 0 Å². The predicted molar refractivity (Wildman–Crippen MR) is 70.3 cm³/mol. The van der Waals surface area contributed by atoms with E-state index in [-0.39, 0.29) is 0 Å². The van der Waals surface area contributed by atoms with E-state index in [2.05, 4.69) is 40.0 Å². The molecule has 0 aromatic heterocycles. The van der Waals surface area contributed by atoms with Gasteiger partial charge in [-0.15, -0.1) is 0 Å². The van der Waals surface area contributed by atoms with Crippen LogP contribution in [-0.2, 0) is 0 Å². The Morgan fingerprint density at radius 2 is 2.07 bits per heavy atom. The maximum absolute atomic E-state index is 5.73. The molecule has 2 rings (SSSR count). The number of benzene rings is 1. The van der Waals surface area contributed by atoms with Gasteiger partial charge in [-0.3, -0.25) is 0 Å². The lowest BCUT2D eigenvalue weighted by Crippen LogP contribution is -2.38. The van der Waals surface area contributed by atoms with Gasteiger partial charge in [-0.1, -0.05) is 6.42 Å². The molecule has 0 saturated carbocycles. The molecule has 1 aliphatic rings. The normalized spacial score (nSPS) is 21.3. The zero-order valence-electron chi connectivity index (χ0n) is 8.71. The number of nitrogens with one attached hydrogen (secondary N) is 1. The molecule has 3 heteroatoms. The van der Waals surface area contributed by atoms with Gasteiger partial charge >= 0.3 is 0 Å². The Kier molecular flexibility index (Phi) is 4.26. The minimum Gasteiger partial charge on any atom is -0.492 e. The van der Waals surface area contributed by atoms with E-state index in [1.807, 2.05) is 12.1 Å². The van der Waals surface area contributed by atoms with E-state index in [9.17, 15) is 0 Å². The van der Waals surface area contributed by atoms with Crippen LogP contribution in [0.4, 0.5) is 0 Å². The van der Waals surface area contributed by atoms with E-state index in [0.717, 1.165) is 18.9 Å². The lowest BCUT2D eigenvalue weighted by Gasteiger charge is -2.23. The topological polar surface area (TPSA) is 21.3 Å². The molecular weight excluding hydrogens is 301 g/mol. The summed E-state index contributed by atoms with van der Waals surface area (Å²) in [6.07, 6.45) is 3.87. The molecule has 0 bridgehead atoms. The summed E-state index contributed by atoms with van der Waals surface area (Å²) in [6, 6.07) is 8.75. The van der Waals surface area contributed by atoms with Crippen LogP contribution in [0.15, 0.2) is 24.3 Å². The van der Waals surface area contributed by atoms with E-state index >= 15 is 0 Å². The molecule has 1 saturated heterocycles. The van der Waals surface area contributed by atoms with Gasteiger partial charge in [0.15, 0.2) is 0 Å². The lowest BCUT2D eigenvalue weighted by atomic mass is 10.1. The summed E-state index contributed by atoms with van der Waals surface area (Å²) in [5, 5.41) is 3.47. The largest absolute Gasteiger partial charge is 0.492 e. The Hall–Kier alpha value is -0.290. The SMILES string of the molecule is Ic1ccc(OCC2CCCCN2)cc1. The van der Waals surface area contributed by atoms with Gasteiger partial charge in [-0.25, -0.2) is 0 Å². The van der Waals surface area contributed by atoms with Crippen molar-refractivity contribution in [2.45, 2.75) is 25.3 Å². The van der Waals surface area contributed by atoms with Crippen molar-refractivity contribution in [3.63, 3.8) is 0 Å². The van der Waals surface area contributed by atoms with Crippen molar-refractivity contribution in [1.82, 2.24) is 5.32 Å². The van der Waals surface area contributed by atoms with Crippen molar-refractivity contribution >= 4 is 22.6 Å². The van der Waals surface area contributed by atoms with Crippen molar-refractivity contribution in [2.24, 2.45) is 0 Å². The van der Waals surface area contributed by atoms with Crippen molar-refractivity contribution in [1.29, 1.82) is 0 Å². The number of ether oxygens (including phenoxy) is 1. The molecular formula is C12H16INO. The van der Waals surface area contributed by atoms with Crippen molar-refractivity contribution < 1.29 is 4.74 Å². The summed E-state index contributed by atoms with van der Waals surface area (Å²) in [4.78, 5) is 0. The third-order valence-electron chi connectivity index (χ3n) is 2.68. The van der Waals surface area contributed by atoms with Crippen molar-refractivity contribution in [2.75, 3.05) is 13.2 Å². The second-order valence-corrected chi connectivity index (χ2v) is 5.16. The molecule has 1 aromatic rings. The Morgan fingerprint density at radius 1 is 1.27 bits per heavy atom. The van der Waals surface area contributed by atoms with Gasteiger partial charge in [0, 0.05) is 9.61 Å². The van der Waals surface area contributed by atoms with Gasteiger partial charge < -0.3 is 10.1 Å². The Labute approximate surface area is 105 Å². The Bertz CT molecular complexity index is 293. The third-order valence-corrected chi connectivity index (χ3v) is 3.40. The molecule has 1 heterocycles. The molecule has 1 aromatic carbocycles. The van der Waals surface area contributed by atoms with Gasteiger partial charge in [0.05, 0.1) is 0 Å². The third kappa shape index (κ3) is 3.65. The molecule has 1 unspecified atom stereocenters. The van der Waals surface area contributed by atoms with Crippen LogP contribution in [0.2, 0.25) is 0 Å². The van der Waals surface area contributed by atoms with Gasteiger partial charge in [0.2, 0.25) is 0 Å². The molecule has 1 fully saturated rings. The first-order chi connectivity index (χ1) is 7.34. The Morgan fingerprint density at radius 3 is 2.73 bits per heavy atom. The maximum Gasteiger partial charge on any atom is 0.119 e. The number of halogens is 1. The fourth-order valence-electron chi connectivity index (χ4n) is 1.79. The highest BCUT2D eigenvalue weighted by molar-refractivity contribution is 14.1. The van der Waals surface area contributed by atoms with Crippen LogP contribution in [0.5, 0.6) is 5.75 Å². The van der Waals surface area contributed by atoms with Crippen LogP contribution in [0.25, 0.3) is 0 Å². The quantitative estimate of drug-likeness (QED) is 0.866. The fourth-order valence-corrected chi connectivity index (χ4v) is 2.15. The molecule has 1 aliphatic heterocycles. The molecule has 2 nitrogen and oxygen atoms in total.